The van der Waals surface area contributed by atoms with Crippen LogP contribution >= 0.6 is 10.7 Å². The highest BCUT2D eigenvalue weighted by Gasteiger charge is 2.27. The van der Waals surface area contributed by atoms with Gasteiger partial charge in [0.15, 0.2) is 11.6 Å². The average molecular weight is 340 g/mol. The average Bonchev–Trinajstić information content (AvgIpc) is 2.27. The van der Waals surface area contributed by atoms with E-state index in [1.54, 1.807) is 0 Å². The number of nitrogens with zero attached hydrogens (tertiary/aromatic N) is 1. The van der Waals surface area contributed by atoms with Crippen molar-refractivity contribution in [3.05, 3.63) is 29.3 Å². The summed E-state index contributed by atoms with van der Waals surface area (Å²) in [5.41, 5.74) is -0.737. The lowest BCUT2D eigenvalue weighted by atomic mass is 9.96. The van der Waals surface area contributed by atoms with Crippen molar-refractivity contribution < 1.29 is 22.0 Å². The van der Waals surface area contributed by atoms with Crippen LogP contribution in [0.15, 0.2) is 17.0 Å². The van der Waals surface area contributed by atoms with Gasteiger partial charge in [0.1, 0.15) is 0 Å². The smallest absolute Gasteiger partial charge is 0.262 e. The van der Waals surface area contributed by atoms with Crippen LogP contribution in [0.4, 0.5) is 8.78 Å². The van der Waals surface area contributed by atoms with E-state index in [1.807, 2.05) is 20.8 Å². The lowest BCUT2D eigenvalue weighted by molar-refractivity contribution is 0.0741. The quantitative estimate of drug-likeness (QED) is 0.795. The molecule has 1 amide bonds. The number of amides is 1. The van der Waals surface area contributed by atoms with Crippen molar-refractivity contribution in [2.45, 2.75) is 25.7 Å². The zero-order chi connectivity index (χ0) is 16.6. The van der Waals surface area contributed by atoms with Crippen LogP contribution in [0.1, 0.15) is 31.1 Å². The number of rotatable bonds is 3. The Morgan fingerprint density at radius 2 is 1.71 bits per heavy atom. The van der Waals surface area contributed by atoms with Crippen LogP contribution in [0.3, 0.4) is 0 Å². The second-order valence-corrected chi connectivity index (χ2v) is 8.46. The van der Waals surface area contributed by atoms with Gasteiger partial charge >= 0.3 is 0 Å². The fraction of sp³-hybridized carbons (Fsp3) is 0.462. The van der Waals surface area contributed by atoms with Crippen LogP contribution in [0.2, 0.25) is 0 Å². The van der Waals surface area contributed by atoms with Gasteiger partial charge in [0.05, 0.1) is 10.5 Å². The second kappa shape index (κ2) is 5.88. The van der Waals surface area contributed by atoms with E-state index >= 15 is 0 Å². The van der Waals surface area contributed by atoms with Crippen molar-refractivity contribution in [3.63, 3.8) is 0 Å². The van der Waals surface area contributed by atoms with E-state index < -0.39 is 37.1 Å². The van der Waals surface area contributed by atoms with Crippen molar-refractivity contribution in [3.8, 4) is 0 Å². The second-order valence-electron chi connectivity index (χ2n) is 5.92. The highest BCUT2D eigenvalue weighted by Crippen LogP contribution is 2.25. The Morgan fingerprint density at radius 1 is 1.24 bits per heavy atom. The van der Waals surface area contributed by atoms with Gasteiger partial charge in [-0.1, -0.05) is 20.8 Å². The number of halogens is 3. The summed E-state index contributed by atoms with van der Waals surface area (Å²) < 4.78 is 49.4. The highest BCUT2D eigenvalue weighted by atomic mass is 35.7. The molecule has 0 bridgehead atoms. The van der Waals surface area contributed by atoms with Crippen molar-refractivity contribution in [2.75, 3.05) is 13.6 Å². The molecule has 0 N–H and O–H groups in total. The van der Waals surface area contributed by atoms with E-state index in [9.17, 15) is 22.0 Å². The Bertz CT molecular complexity index is 669. The van der Waals surface area contributed by atoms with Crippen LogP contribution < -0.4 is 0 Å². The van der Waals surface area contributed by atoms with E-state index in [0.29, 0.717) is 18.7 Å². The molecule has 0 aromatic heterocycles. The fourth-order valence-electron chi connectivity index (χ4n) is 1.89. The van der Waals surface area contributed by atoms with Gasteiger partial charge < -0.3 is 4.90 Å². The first-order valence-corrected chi connectivity index (χ1v) is 8.33. The van der Waals surface area contributed by atoms with Gasteiger partial charge in [0.25, 0.3) is 15.0 Å². The van der Waals surface area contributed by atoms with Gasteiger partial charge in [-0.3, -0.25) is 4.79 Å². The van der Waals surface area contributed by atoms with Crippen LogP contribution in [-0.4, -0.2) is 32.8 Å². The first kappa shape index (κ1) is 17.8. The molecule has 0 aliphatic carbocycles. The summed E-state index contributed by atoms with van der Waals surface area (Å²) in [6.07, 6.45) is 0. The third-order valence-electron chi connectivity index (χ3n) is 2.57. The van der Waals surface area contributed by atoms with E-state index in [2.05, 4.69) is 0 Å². The highest BCUT2D eigenvalue weighted by molar-refractivity contribution is 8.13. The van der Waals surface area contributed by atoms with Gasteiger partial charge in [-0.25, -0.2) is 17.2 Å². The third kappa shape index (κ3) is 4.64. The molecule has 0 heterocycles. The SMILES string of the molecule is CN(CC(C)(C)C)C(=O)c1cc(F)c(F)cc1S(=O)(=O)Cl. The zero-order valence-corrected chi connectivity index (χ0v) is 13.6. The maximum absolute atomic E-state index is 13.3. The molecular formula is C13H16ClF2NO3S. The normalized spacial score (nSPS) is 12.3. The van der Waals surface area contributed by atoms with Gasteiger partial charge in [-0.15, -0.1) is 0 Å². The van der Waals surface area contributed by atoms with Crippen LogP contribution in [0.25, 0.3) is 0 Å². The summed E-state index contributed by atoms with van der Waals surface area (Å²) in [5.74, 6) is -3.45. The van der Waals surface area contributed by atoms with Crippen molar-refractivity contribution in [1.29, 1.82) is 0 Å². The van der Waals surface area contributed by atoms with Crippen LogP contribution in [0.5, 0.6) is 0 Å². The predicted molar refractivity (Wildman–Crippen MR) is 75.8 cm³/mol. The molecule has 4 nitrogen and oxygen atoms in total. The Morgan fingerprint density at radius 3 is 2.14 bits per heavy atom. The summed E-state index contributed by atoms with van der Waals surface area (Å²) in [7, 11) is 2.25. The van der Waals surface area contributed by atoms with Crippen molar-refractivity contribution >= 4 is 25.6 Å². The lowest BCUT2D eigenvalue weighted by Gasteiger charge is -2.27. The Hall–Kier alpha value is -1.21. The van der Waals surface area contributed by atoms with Gasteiger partial charge in [0.2, 0.25) is 0 Å². The lowest BCUT2D eigenvalue weighted by Crippen LogP contribution is -2.35. The van der Waals surface area contributed by atoms with Gasteiger partial charge in [-0.2, -0.15) is 0 Å². The molecule has 0 radical (unpaired) electrons. The molecule has 0 saturated carbocycles. The predicted octanol–water partition coefficient (Wildman–Crippen LogP) is 3.01. The minimum atomic E-state index is -4.38. The molecule has 1 rings (SSSR count). The molecule has 0 saturated heterocycles. The van der Waals surface area contributed by atoms with E-state index in [4.69, 9.17) is 10.7 Å². The summed E-state index contributed by atoms with van der Waals surface area (Å²) in [6, 6.07) is 0.960. The summed E-state index contributed by atoms with van der Waals surface area (Å²) in [6.45, 7) is 5.93. The van der Waals surface area contributed by atoms with Gasteiger partial charge in [-0.05, 0) is 17.5 Å². The maximum Gasteiger partial charge on any atom is 0.262 e. The van der Waals surface area contributed by atoms with Crippen LogP contribution in [-0.2, 0) is 9.05 Å². The molecule has 21 heavy (non-hydrogen) atoms. The molecule has 0 atom stereocenters. The van der Waals surface area contributed by atoms with E-state index in [0.717, 1.165) is 0 Å². The number of benzene rings is 1. The molecule has 1 aromatic carbocycles. The summed E-state index contributed by atoms with van der Waals surface area (Å²) in [4.78, 5) is 12.8. The molecule has 0 unspecified atom stereocenters. The standard InChI is InChI=1S/C13H16ClF2NO3S/c1-13(2,3)7-17(4)12(18)8-5-9(15)10(16)6-11(8)21(14,19)20/h5-6H,7H2,1-4H3. The topological polar surface area (TPSA) is 54.5 Å². The fourth-order valence-corrected chi connectivity index (χ4v) is 2.92. The minimum Gasteiger partial charge on any atom is -0.341 e. The van der Waals surface area contributed by atoms with E-state index in [-0.39, 0.29) is 5.41 Å². The maximum atomic E-state index is 13.3. The molecule has 0 aliphatic rings. The van der Waals surface area contributed by atoms with E-state index in [1.165, 1.54) is 11.9 Å². The number of hydrogen-bond acceptors (Lipinski definition) is 3. The van der Waals surface area contributed by atoms with Gasteiger partial charge in [0, 0.05) is 24.3 Å². The number of carbonyl (C=O) groups excluding carboxylic acids is 1. The molecule has 0 fully saturated rings. The number of carbonyl (C=O) groups is 1. The summed E-state index contributed by atoms with van der Waals surface area (Å²) >= 11 is 0. The van der Waals surface area contributed by atoms with Crippen LogP contribution in [0, 0.1) is 17.0 Å². The third-order valence-corrected chi connectivity index (χ3v) is 3.94. The first-order valence-electron chi connectivity index (χ1n) is 6.02. The molecule has 8 heteroatoms. The Kier molecular flexibility index (Phi) is 5.00. The first-order chi connectivity index (χ1) is 9.33. The van der Waals surface area contributed by atoms with Crippen molar-refractivity contribution in [2.24, 2.45) is 5.41 Å². The molecule has 1 aromatic rings. The molecule has 0 aliphatic heterocycles. The number of hydrogen-bond donors (Lipinski definition) is 0. The molecule has 0 spiro atoms. The summed E-state index contributed by atoms with van der Waals surface area (Å²) in [5, 5.41) is 0. The Labute approximate surface area is 127 Å². The largest absolute Gasteiger partial charge is 0.341 e. The van der Waals surface area contributed by atoms with Crippen molar-refractivity contribution in [1.82, 2.24) is 4.90 Å². The monoisotopic (exact) mass is 339 g/mol. The zero-order valence-electron chi connectivity index (χ0n) is 12.1. The minimum absolute atomic E-state index is 0.247. The molecule has 118 valence electrons. The Balaban J connectivity index is 3.36. The molecular weight excluding hydrogens is 324 g/mol.